The summed E-state index contributed by atoms with van der Waals surface area (Å²) in [7, 11) is 1.72. The van der Waals surface area contributed by atoms with Crippen molar-refractivity contribution in [2.45, 2.75) is 63.5 Å². The molecule has 27 heavy (non-hydrogen) atoms. The van der Waals surface area contributed by atoms with Crippen LogP contribution in [0.2, 0.25) is 0 Å². The molecule has 2 aliphatic rings. The molecule has 0 unspecified atom stereocenters. The van der Waals surface area contributed by atoms with Gasteiger partial charge in [-0.1, -0.05) is 24.3 Å². The van der Waals surface area contributed by atoms with Crippen LogP contribution in [-0.2, 0) is 10.9 Å². The third-order valence-corrected chi connectivity index (χ3v) is 6.64. The fourth-order valence-corrected chi connectivity index (χ4v) is 5.02. The molecule has 2 saturated carbocycles. The Morgan fingerprint density at radius 3 is 1.96 bits per heavy atom. The van der Waals surface area contributed by atoms with Gasteiger partial charge in [0.25, 0.3) is 0 Å². The highest BCUT2D eigenvalue weighted by Gasteiger charge is 2.32. The number of methoxy groups -OCH3 is 1. The summed E-state index contributed by atoms with van der Waals surface area (Å²) in [6, 6.07) is 5.84. The third-order valence-electron chi connectivity index (χ3n) is 6.64. The van der Waals surface area contributed by atoms with Crippen molar-refractivity contribution in [2.24, 2.45) is 17.8 Å². The maximum atomic E-state index is 12.7. The minimum Gasteiger partial charge on any atom is -0.381 e. The van der Waals surface area contributed by atoms with Gasteiger partial charge < -0.3 is 4.74 Å². The zero-order chi connectivity index (χ0) is 19.3. The molecule has 0 atom stereocenters. The van der Waals surface area contributed by atoms with Crippen LogP contribution in [0, 0.1) is 17.8 Å². The monoisotopic (exact) mass is 380 g/mol. The van der Waals surface area contributed by atoms with E-state index in [2.05, 4.69) is 12.2 Å². The molecule has 1 aromatic carbocycles. The van der Waals surface area contributed by atoms with Crippen molar-refractivity contribution in [2.75, 3.05) is 13.7 Å². The molecule has 0 bridgehead atoms. The summed E-state index contributed by atoms with van der Waals surface area (Å²) in [5.74, 6) is 2.78. The molecule has 150 valence electrons. The molecule has 2 fully saturated rings. The number of halogens is 3. The van der Waals surface area contributed by atoms with Gasteiger partial charge in [-0.3, -0.25) is 0 Å². The Morgan fingerprint density at radius 2 is 1.44 bits per heavy atom. The largest absolute Gasteiger partial charge is 0.416 e. The Balaban J connectivity index is 1.45. The number of rotatable bonds is 5. The van der Waals surface area contributed by atoms with Crippen LogP contribution in [0.5, 0.6) is 0 Å². The van der Waals surface area contributed by atoms with Gasteiger partial charge in [0, 0.05) is 7.11 Å². The van der Waals surface area contributed by atoms with Crippen LogP contribution in [0.15, 0.2) is 36.4 Å². The van der Waals surface area contributed by atoms with Gasteiger partial charge in [-0.05, 0) is 92.7 Å². The van der Waals surface area contributed by atoms with Crippen LogP contribution in [-0.4, -0.2) is 13.7 Å². The first-order chi connectivity index (χ1) is 13.0. The minimum absolute atomic E-state index is 0.428. The molecular formula is C23H31F3O. The fraction of sp³-hybridized carbons (Fsp3) is 0.652. The molecule has 0 aromatic heterocycles. The minimum atomic E-state index is -4.24. The lowest BCUT2D eigenvalue weighted by Crippen LogP contribution is -2.25. The lowest BCUT2D eigenvalue weighted by Gasteiger charge is -2.37. The van der Waals surface area contributed by atoms with E-state index < -0.39 is 11.7 Å². The van der Waals surface area contributed by atoms with Gasteiger partial charge in [0.15, 0.2) is 0 Å². The van der Waals surface area contributed by atoms with Crippen LogP contribution >= 0.6 is 0 Å². The quantitative estimate of drug-likeness (QED) is 0.500. The molecule has 1 aromatic rings. The van der Waals surface area contributed by atoms with Crippen molar-refractivity contribution in [3.8, 4) is 0 Å². The van der Waals surface area contributed by atoms with Gasteiger partial charge in [-0.15, -0.1) is 0 Å². The second kappa shape index (κ2) is 9.27. The van der Waals surface area contributed by atoms with Crippen LogP contribution in [0.4, 0.5) is 13.2 Å². The summed E-state index contributed by atoms with van der Waals surface area (Å²) < 4.78 is 43.2. The first kappa shape index (κ1) is 20.4. The van der Waals surface area contributed by atoms with Gasteiger partial charge in [-0.25, -0.2) is 0 Å². The Labute approximate surface area is 161 Å². The third kappa shape index (κ3) is 5.60. The average molecular weight is 380 g/mol. The topological polar surface area (TPSA) is 9.23 Å². The summed E-state index contributed by atoms with van der Waals surface area (Å²) in [4.78, 5) is 0. The maximum Gasteiger partial charge on any atom is 0.416 e. The van der Waals surface area contributed by atoms with Crippen LogP contribution in [0.3, 0.4) is 0 Å². The Kier molecular flexibility index (Phi) is 7.02. The van der Waals surface area contributed by atoms with Gasteiger partial charge in [0.1, 0.15) is 0 Å². The predicted octanol–water partition coefficient (Wildman–Crippen LogP) is 6.99. The van der Waals surface area contributed by atoms with Crippen molar-refractivity contribution in [3.05, 3.63) is 47.5 Å². The highest BCUT2D eigenvalue weighted by Crippen LogP contribution is 2.44. The van der Waals surface area contributed by atoms with E-state index in [1.807, 2.05) is 0 Å². The van der Waals surface area contributed by atoms with Gasteiger partial charge in [-0.2, -0.15) is 13.2 Å². The number of allylic oxidation sites excluding steroid dienone is 1. The maximum absolute atomic E-state index is 12.7. The summed E-state index contributed by atoms with van der Waals surface area (Å²) in [6.07, 6.45) is 10.1. The molecule has 3 rings (SSSR count). The Morgan fingerprint density at radius 1 is 0.889 bits per heavy atom. The van der Waals surface area contributed by atoms with Crippen molar-refractivity contribution in [1.29, 1.82) is 0 Å². The molecule has 0 aliphatic heterocycles. The predicted molar refractivity (Wildman–Crippen MR) is 103 cm³/mol. The molecule has 1 nitrogen and oxygen atoms in total. The molecule has 2 aliphatic carbocycles. The number of benzene rings is 1. The summed E-state index contributed by atoms with van der Waals surface area (Å²) >= 11 is 0. The molecule has 0 heterocycles. The summed E-state index contributed by atoms with van der Waals surface area (Å²) in [5.41, 5.74) is 0.532. The average Bonchev–Trinajstić information content (AvgIpc) is 2.68. The smallest absolute Gasteiger partial charge is 0.381 e. The van der Waals surface area contributed by atoms with E-state index in [1.54, 1.807) is 19.2 Å². The van der Waals surface area contributed by atoms with Crippen LogP contribution < -0.4 is 0 Å². The Bertz CT molecular complexity index is 589. The van der Waals surface area contributed by atoms with Gasteiger partial charge in [0.05, 0.1) is 12.2 Å². The van der Waals surface area contributed by atoms with E-state index >= 15 is 0 Å². The lowest BCUT2D eigenvalue weighted by molar-refractivity contribution is -0.137. The van der Waals surface area contributed by atoms with Crippen molar-refractivity contribution >= 4 is 0 Å². The standard InChI is InChI=1S/C23H31F3O/c1-27-16-2-3-17-4-6-18(7-5-17)19-8-10-20(11-9-19)21-12-14-22(15-13-21)23(24,25)26/h2-3,12-15,17-20H,4-11,16H2,1H3/t17-,18-,19-,20-. The second-order valence-corrected chi connectivity index (χ2v) is 8.29. The molecule has 0 N–H and O–H groups in total. The van der Waals surface area contributed by atoms with E-state index in [1.165, 1.54) is 50.7 Å². The number of ether oxygens (including phenoxy) is 1. The lowest BCUT2D eigenvalue weighted by atomic mass is 9.68. The van der Waals surface area contributed by atoms with E-state index in [9.17, 15) is 13.2 Å². The molecular weight excluding hydrogens is 349 g/mol. The summed E-state index contributed by atoms with van der Waals surface area (Å²) in [5, 5.41) is 0. The number of hydrogen-bond acceptors (Lipinski definition) is 1. The van der Waals surface area contributed by atoms with Crippen molar-refractivity contribution in [3.63, 3.8) is 0 Å². The van der Waals surface area contributed by atoms with E-state index in [4.69, 9.17) is 4.74 Å². The van der Waals surface area contributed by atoms with Crippen LogP contribution in [0.25, 0.3) is 0 Å². The van der Waals surface area contributed by atoms with Gasteiger partial charge in [0.2, 0.25) is 0 Å². The summed E-state index contributed by atoms with van der Waals surface area (Å²) in [6.45, 7) is 0.702. The molecule has 0 spiro atoms. The van der Waals surface area contributed by atoms with E-state index in [-0.39, 0.29) is 0 Å². The highest BCUT2D eigenvalue weighted by atomic mass is 19.4. The number of alkyl halides is 3. The van der Waals surface area contributed by atoms with Gasteiger partial charge >= 0.3 is 6.18 Å². The Hall–Kier alpha value is -1.29. The first-order valence-corrected chi connectivity index (χ1v) is 10.3. The first-order valence-electron chi connectivity index (χ1n) is 10.3. The van der Waals surface area contributed by atoms with Crippen molar-refractivity contribution < 1.29 is 17.9 Å². The van der Waals surface area contributed by atoms with Crippen LogP contribution in [0.1, 0.15) is 68.4 Å². The zero-order valence-corrected chi connectivity index (χ0v) is 16.2. The fourth-order valence-electron chi connectivity index (χ4n) is 5.02. The van der Waals surface area contributed by atoms with Crippen molar-refractivity contribution in [1.82, 2.24) is 0 Å². The molecule has 0 radical (unpaired) electrons. The van der Waals surface area contributed by atoms with E-state index in [0.29, 0.717) is 18.4 Å². The molecule has 0 saturated heterocycles. The SMILES string of the molecule is COCC=C[C@H]1CC[C@H]([C@H]2CC[C@H](c3ccc(C(F)(F)F)cc3)CC2)CC1. The normalized spacial score (nSPS) is 29.9. The number of hydrogen-bond donors (Lipinski definition) is 0. The second-order valence-electron chi connectivity index (χ2n) is 8.29. The van der Waals surface area contributed by atoms with E-state index in [0.717, 1.165) is 30.2 Å². The molecule has 4 heteroatoms. The molecule has 0 amide bonds. The zero-order valence-electron chi connectivity index (χ0n) is 16.2. The highest BCUT2D eigenvalue weighted by molar-refractivity contribution is 5.27.